The number of H-pyrrole nitrogens is 1. The molecule has 0 fully saturated rings. The van der Waals surface area contributed by atoms with Crippen molar-refractivity contribution in [3.63, 3.8) is 0 Å². The van der Waals surface area contributed by atoms with E-state index in [-0.39, 0.29) is 0 Å². The van der Waals surface area contributed by atoms with Gasteiger partial charge in [0, 0.05) is 18.0 Å². The average Bonchev–Trinajstić information content (AvgIpc) is 2.70. The number of methoxy groups -OCH3 is 1. The number of ether oxygens (including phenoxy) is 1. The molecule has 0 aliphatic rings. The zero-order valence-corrected chi connectivity index (χ0v) is 10.2. The van der Waals surface area contributed by atoms with Crippen LogP contribution in [0.3, 0.4) is 0 Å². The molecule has 0 atom stereocenters. The molecule has 0 saturated heterocycles. The van der Waals surface area contributed by atoms with Gasteiger partial charge in [0.05, 0.1) is 12.8 Å². The fraction of sp³-hybridized carbons (Fsp3) is 0.250. The summed E-state index contributed by atoms with van der Waals surface area (Å²) in [6.45, 7) is 2.11. The first-order valence-electron chi connectivity index (χ1n) is 5.20. The smallest absolute Gasteiger partial charge is 0.182 e. The number of nitrogens with zero attached hydrogens (tertiary/aromatic N) is 1. The summed E-state index contributed by atoms with van der Waals surface area (Å²) in [5.41, 5.74) is 2.20. The third-order valence-electron chi connectivity index (χ3n) is 2.53. The summed E-state index contributed by atoms with van der Waals surface area (Å²) in [7, 11) is 1.66. The minimum absolute atomic E-state index is 0.713. The Labute approximate surface area is 99.7 Å². The topological polar surface area (TPSA) is 29.9 Å². The molecule has 1 N–H and O–H groups in total. The molecule has 1 aromatic heterocycles. The molecule has 0 spiro atoms. The number of hydrogen-bond acceptors (Lipinski definition) is 2. The molecular weight excluding hydrogens is 220 g/mol. The first kappa shape index (κ1) is 11.0. The van der Waals surface area contributed by atoms with Crippen molar-refractivity contribution >= 4 is 12.2 Å². The summed E-state index contributed by atoms with van der Waals surface area (Å²) in [6.07, 6.45) is 2.88. The Morgan fingerprint density at radius 2 is 2.25 bits per heavy atom. The molecule has 3 nitrogen and oxygen atoms in total. The third-order valence-corrected chi connectivity index (χ3v) is 2.83. The van der Waals surface area contributed by atoms with Gasteiger partial charge >= 0.3 is 0 Å². The minimum atomic E-state index is 0.713. The van der Waals surface area contributed by atoms with E-state index in [1.807, 2.05) is 35.0 Å². The Hall–Kier alpha value is -1.55. The number of aryl methyl sites for hydroxylation is 1. The Bertz CT molecular complexity index is 542. The van der Waals surface area contributed by atoms with Gasteiger partial charge in [-0.2, -0.15) is 0 Å². The van der Waals surface area contributed by atoms with E-state index in [0.717, 1.165) is 17.9 Å². The summed E-state index contributed by atoms with van der Waals surface area (Å²) >= 11 is 5.27. The number of rotatable bonds is 3. The molecule has 0 aliphatic heterocycles. The second-order valence-corrected chi connectivity index (χ2v) is 3.86. The van der Waals surface area contributed by atoms with Crippen LogP contribution in [0.4, 0.5) is 0 Å². The summed E-state index contributed by atoms with van der Waals surface area (Å²) in [4.78, 5) is 3.06. The number of aromatic nitrogens is 2. The van der Waals surface area contributed by atoms with Crippen molar-refractivity contribution in [1.82, 2.24) is 9.55 Å². The zero-order chi connectivity index (χ0) is 11.5. The maximum Gasteiger partial charge on any atom is 0.182 e. The van der Waals surface area contributed by atoms with Crippen LogP contribution in [0.1, 0.15) is 12.6 Å². The van der Waals surface area contributed by atoms with Gasteiger partial charge in [0.2, 0.25) is 0 Å². The van der Waals surface area contributed by atoms with Gasteiger partial charge in [-0.3, -0.25) is 4.57 Å². The number of benzene rings is 1. The Kier molecular flexibility index (Phi) is 3.10. The van der Waals surface area contributed by atoms with Crippen LogP contribution >= 0.6 is 12.2 Å². The van der Waals surface area contributed by atoms with E-state index in [1.54, 1.807) is 7.11 Å². The maximum absolute atomic E-state index is 5.27. The molecule has 0 saturated carbocycles. The van der Waals surface area contributed by atoms with E-state index in [0.29, 0.717) is 4.77 Å². The number of aromatic amines is 1. The molecule has 1 aromatic carbocycles. The van der Waals surface area contributed by atoms with Gasteiger partial charge in [-0.05, 0) is 30.8 Å². The maximum atomic E-state index is 5.27. The highest BCUT2D eigenvalue weighted by molar-refractivity contribution is 7.71. The quantitative estimate of drug-likeness (QED) is 0.827. The van der Waals surface area contributed by atoms with Gasteiger partial charge in [0.15, 0.2) is 4.77 Å². The molecule has 84 valence electrons. The molecule has 4 heteroatoms. The first-order chi connectivity index (χ1) is 7.76. The van der Waals surface area contributed by atoms with Crippen LogP contribution in [0, 0.1) is 4.77 Å². The van der Waals surface area contributed by atoms with Crippen LogP contribution in [0.2, 0.25) is 0 Å². The molecule has 2 aromatic rings. The number of hydrogen-bond donors (Lipinski definition) is 1. The summed E-state index contributed by atoms with van der Waals surface area (Å²) in [5.74, 6) is 0.836. The molecule has 0 aliphatic carbocycles. The van der Waals surface area contributed by atoms with E-state index in [4.69, 9.17) is 17.0 Å². The second-order valence-electron chi connectivity index (χ2n) is 3.48. The van der Waals surface area contributed by atoms with Crippen molar-refractivity contribution in [3.05, 3.63) is 40.9 Å². The largest absolute Gasteiger partial charge is 0.497 e. The van der Waals surface area contributed by atoms with Gasteiger partial charge in [-0.1, -0.05) is 13.0 Å². The van der Waals surface area contributed by atoms with E-state index >= 15 is 0 Å². The zero-order valence-electron chi connectivity index (χ0n) is 9.36. The minimum Gasteiger partial charge on any atom is -0.497 e. The van der Waals surface area contributed by atoms with Crippen LogP contribution < -0.4 is 4.74 Å². The normalized spacial score (nSPS) is 10.4. The molecule has 0 bridgehead atoms. The van der Waals surface area contributed by atoms with Crippen LogP contribution in [-0.2, 0) is 6.42 Å². The van der Waals surface area contributed by atoms with E-state index < -0.39 is 0 Å². The molecule has 1 heterocycles. The van der Waals surface area contributed by atoms with Crippen molar-refractivity contribution in [2.75, 3.05) is 7.11 Å². The lowest BCUT2D eigenvalue weighted by atomic mass is 10.2. The molecule has 0 radical (unpaired) electrons. The standard InChI is InChI=1S/C12H14N2OS/c1-3-9-8-13-12(16)14(9)10-5-4-6-11(7-10)15-2/h4-8H,3H2,1-2H3,(H,13,16). The number of nitrogens with one attached hydrogen (secondary N) is 1. The van der Waals surface area contributed by atoms with E-state index in [2.05, 4.69) is 11.9 Å². The second kappa shape index (κ2) is 4.53. The Morgan fingerprint density at radius 3 is 2.94 bits per heavy atom. The van der Waals surface area contributed by atoms with Crippen molar-refractivity contribution in [2.45, 2.75) is 13.3 Å². The Morgan fingerprint density at radius 1 is 1.44 bits per heavy atom. The van der Waals surface area contributed by atoms with Gasteiger partial charge in [0.1, 0.15) is 5.75 Å². The van der Waals surface area contributed by atoms with Crippen molar-refractivity contribution in [2.24, 2.45) is 0 Å². The molecular formula is C12H14N2OS. The molecule has 0 unspecified atom stereocenters. The van der Waals surface area contributed by atoms with Gasteiger partial charge in [-0.25, -0.2) is 0 Å². The highest BCUT2D eigenvalue weighted by atomic mass is 32.1. The predicted molar refractivity (Wildman–Crippen MR) is 66.9 cm³/mol. The fourth-order valence-corrected chi connectivity index (χ4v) is 1.98. The predicted octanol–water partition coefficient (Wildman–Crippen LogP) is 3.11. The van der Waals surface area contributed by atoms with Crippen LogP contribution in [0.15, 0.2) is 30.5 Å². The molecule has 16 heavy (non-hydrogen) atoms. The van der Waals surface area contributed by atoms with Crippen molar-refractivity contribution < 1.29 is 4.74 Å². The van der Waals surface area contributed by atoms with Gasteiger partial charge in [-0.15, -0.1) is 0 Å². The Balaban J connectivity index is 2.57. The lowest BCUT2D eigenvalue weighted by molar-refractivity contribution is 0.414. The van der Waals surface area contributed by atoms with E-state index in [9.17, 15) is 0 Å². The van der Waals surface area contributed by atoms with Gasteiger partial charge < -0.3 is 9.72 Å². The number of imidazole rings is 1. The van der Waals surface area contributed by atoms with Crippen LogP contribution in [0.25, 0.3) is 5.69 Å². The molecule has 2 rings (SSSR count). The summed E-state index contributed by atoms with van der Waals surface area (Å²) in [6, 6.07) is 7.88. The highest BCUT2D eigenvalue weighted by Crippen LogP contribution is 2.18. The van der Waals surface area contributed by atoms with E-state index in [1.165, 1.54) is 5.69 Å². The average molecular weight is 234 g/mol. The summed E-state index contributed by atoms with van der Waals surface area (Å²) < 4.78 is 7.95. The van der Waals surface area contributed by atoms with Crippen LogP contribution in [0.5, 0.6) is 5.75 Å². The lowest BCUT2D eigenvalue weighted by Gasteiger charge is -2.08. The van der Waals surface area contributed by atoms with Crippen molar-refractivity contribution in [1.29, 1.82) is 0 Å². The third kappa shape index (κ3) is 1.88. The molecule has 0 amide bonds. The SMILES string of the molecule is CCc1c[nH]c(=S)n1-c1cccc(OC)c1. The lowest BCUT2D eigenvalue weighted by Crippen LogP contribution is -1.99. The van der Waals surface area contributed by atoms with Crippen molar-refractivity contribution in [3.8, 4) is 11.4 Å². The fourth-order valence-electron chi connectivity index (χ4n) is 1.70. The summed E-state index contributed by atoms with van der Waals surface area (Å²) in [5, 5.41) is 0. The van der Waals surface area contributed by atoms with Crippen LogP contribution in [-0.4, -0.2) is 16.7 Å². The first-order valence-corrected chi connectivity index (χ1v) is 5.60. The van der Waals surface area contributed by atoms with Gasteiger partial charge in [0.25, 0.3) is 0 Å². The monoisotopic (exact) mass is 234 g/mol. The highest BCUT2D eigenvalue weighted by Gasteiger charge is 2.05.